The minimum Gasteiger partial charge on any atom is -0.491 e. The van der Waals surface area contributed by atoms with Gasteiger partial charge in [-0.25, -0.2) is 8.42 Å². The lowest BCUT2D eigenvalue weighted by Crippen LogP contribution is -2.35. The lowest BCUT2D eigenvalue weighted by molar-refractivity contribution is -0.116. The van der Waals surface area contributed by atoms with Crippen LogP contribution in [-0.2, 0) is 14.8 Å². The number of aryl methyl sites for hydroxylation is 1. The van der Waals surface area contributed by atoms with E-state index in [1.165, 1.54) is 19.2 Å². The van der Waals surface area contributed by atoms with E-state index < -0.39 is 15.9 Å². The summed E-state index contributed by atoms with van der Waals surface area (Å²) in [7, 11) is -2.38. The van der Waals surface area contributed by atoms with E-state index in [1.54, 1.807) is 18.2 Å². The van der Waals surface area contributed by atoms with Gasteiger partial charge in [-0.15, -0.1) is 0 Å². The normalized spacial score (nSPS) is 11.4. The highest BCUT2D eigenvalue weighted by atomic mass is 79.9. The minimum atomic E-state index is -3.75. The Morgan fingerprint density at radius 1 is 1.19 bits per heavy atom. The first kappa shape index (κ1) is 21.4. The van der Waals surface area contributed by atoms with Crippen LogP contribution in [0.5, 0.6) is 5.75 Å². The molecule has 0 radical (unpaired) electrons. The monoisotopic (exact) mass is 454 g/mol. The number of benzene rings is 2. The fourth-order valence-electron chi connectivity index (χ4n) is 2.33. The molecule has 146 valence electrons. The number of likely N-dealkylation sites (N-methyl/N-ethyl adjacent to an activating group) is 1. The molecule has 0 fully saturated rings. The van der Waals surface area contributed by atoms with E-state index in [2.05, 4.69) is 21.2 Å². The summed E-state index contributed by atoms with van der Waals surface area (Å²) in [5, 5.41) is 2.73. The van der Waals surface area contributed by atoms with E-state index >= 15 is 0 Å². The van der Waals surface area contributed by atoms with Gasteiger partial charge in [0.25, 0.3) is 0 Å². The largest absolute Gasteiger partial charge is 0.491 e. The number of rotatable bonds is 8. The Morgan fingerprint density at radius 2 is 1.85 bits per heavy atom. The number of hydrogen-bond acceptors (Lipinski definition) is 4. The first-order valence-electron chi connectivity index (χ1n) is 8.49. The van der Waals surface area contributed by atoms with Gasteiger partial charge in [0.2, 0.25) is 15.9 Å². The number of halogens is 1. The SMILES string of the molecule is CCCOc1cc(C)ccc1NC(=O)CN(C)S(=O)(=O)c1ccc(Br)cc1. The second-order valence-corrected chi connectivity index (χ2v) is 9.07. The summed E-state index contributed by atoms with van der Waals surface area (Å²) in [6.45, 7) is 4.16. The quantitative estimate of drug-likeness (QED) is 0.657. The molecule has 2 aromatic carbocycles. The van der Waals surface area contributed by atoms with Crippen LogP contribution in [0.4, 0.5) is 5.69 Å². The van der Waals surface area contributed by atoms with Gasteiger partial charge in [-0.05, 0) is 55.3 Å². The lowest BCUT2D eigenvalue weighted by Gasteiger charge is -2.18. The predicted octanol–water partition coefficient (Wildman–Crippen LogP) is 3.81. The average molecular weight is 455 g/mol. The summed E-state index contributed by atoms with van der Waals surface area (Å²) < 4.78 is 32.6. The lowest BCUT2D eigenvalue weighted by atomic mass is 10.2. The molecule has 0 saturated carbocycles. The molecule has 0 saturated heterocycles. The van der Waals surface area contributed by atoms with Crippen LogP contribution < -0.4 is 10.1 Å². The van der Waals surface area contributed by atoms with E-state index in [-0.39, 0.29) is 11.4 Å². The molecule has 2 aromatic rings. The molecule has 2 rings (SSSR count). The standard InChI is InChI=1S/C19H23BrN2O4S/c1-4-11-26-18-12-14(2)5-10-17(18)21-19(23)13-22(3)27(24,25)16-8-6-15(20)7-9-16/h5-10,12H,4,11,13H2,1-3H3,(H,21,23). The second kappa shape index (κ2) is 9.34. The van der Waals surface area contributed by atoms with Crippen molar-refractivity contribution in [3.8, 4) is 5.75 Å². The van der Waals surface area contributed by atoms with Gasteiger partial charge >= 0.3 is 0 Å². The maximum absolute atomic E-state index is 12.6. The molecule has 0 unspecified atom stereocenters. The molecule has 0 spiro atoms. The number of carbonyl (C=O) groups excluding carboxylic acids is 1. The minimum absolute atomic E-state index is 0.128. The summed E-state index contributed by atoms with van der Waals surface area (Å²) >= 11 is 3.27. The van der Waals surface area contributed by atoms with Crippen LogP contribution in [0, 0.1) is 6.92 Å². The summed E-state index contributed by atoms with van der Waals surface area (Å²) in [4.78, 5) is 12.5. The van der Waals surface area contributed by atoms with Gasteiger partial charge in [-0.2, -0.15) is 4.31 Å². The van der Waals surface area contributed by atoms with Crippen molar-refractivity contribution >= 4 is 37.5 Å². The number of carbonyl (C=O) groups is 1. The molecule has 0 aromatic heterocycles. The highest BCUT2D eigenvalue weighted by molar-refractivity contribution is 9.10. The third kappa shape index (κ3) is 5.79. The Bertz CT molecular complexity index is 898. The van der Waals surface area contributed by atoms with Crippen molar-refractivity contribution in [1.82, 2.24) is 4.31 Å². The van der Waals surface area contributed by atoms with E-state index in [0.717, 1.165) is 20.8 Å². The molecular weight excluding hydrogens is 432 g/mol. The van der Waals surface area contributed by atoms with Crippen molar-refractivity contribution in [2.75, 3.05) is 25.5 Å². The molecule has 1 amide bonds. The van der Waals surface area contributed by atoms with E-state index in [1.807, 2.05) is 26.0 Å². The smallest absolute Gasteiger partial charge is 0.243 e. The number of sulfonamides is 1. The zero-order chi connectivity index (χ0) is 20.0. The Labute approximate surface area is 168 Å². The molecule has 6 nitrogen and oxygen atoms in total. The topological polar surface area (TPSA) is 75.7 Å². The number of hydrogen-bond donors (Lipinski definition) is 1. The van der Waals surface area contributed by atoms with E-state index in [4.69, 9.17) is 4.74 Å². The third-order valence-electron chi connectivity index (χ3n) is 3.76. The molecule has 1 N–H and O–H groups in total. The van der Waals surface area contributed by atoms with Crippen LogP contribution in [0.1, 0.15) is 18.9 Å². The summed E-state index contributed by atoms with van der Waals surface area (Å²) in [5.41, 5.74) is 1.53. The highest BCUT2D eigenvalue weighted by Crippen LogP contribution is 2.26. The van der Waals surface area contributed by atoms with Gasteiger partial charge in [0, 0.05) is 11.5 Å². The Morgan fingerprint density at radius 3 is 2.48 bits per heavy atom. The van der Waals surface area contributed by atoms with Gasteiger partial charge in [0.1, 0.15) is 5.75 Å². The van der Waals surface area contributed by atoms with Crippen molar-refractivity contribution in [2.45, 2.75) is 25.2 Å². The molecule has 0 heterocycles. The first-order chi connectivity index (χ1) is 12.7. The number of nitrogens with one attached hydrogen (secondary N) is 1. The second-order valence-electron chi connectivity index (χ2n) is 6.11. The van der Waals surface area contributed by atoms with Gasteiger partial charge in [-0.3, -0.25) is 4.79 Å². The molecule has 8 heteroatoms. The van der Waals surface area contributed by atoms with Crippen molar-refractivity contribution in [3.63, 3.8) is 0 Å². The maximum atomic E-state index is 12.6. The zero-order valence-corrected chi connectivity index (χ0v) is 17.9. The summed E-state index contributed by atoms with van der Waals surface area (Å²) in [5.74, 6) is 0.131. The van der Waals surface area contributed by atoms with Crippen LogP contribution in [0.2, 0.25) is 0 Å². The third-order valence-corrected chi connectivity index (χ3v) is 6.11. The average Bonchev–Trinajstić information content (AvgIpc) is 2.62. The van der Waals surface area contributed by atoms with E-state index in [9.17, 15) is 13.2 Å². The van der Waals surface area contributed by atoms with Crippen LogP contribution in [0.25, 0.3) is 0 Å². The zero-order valence-electron chi connectivity index (χ0n) is 15.5. The molecule has 27 heavy (non-hydrogen) atoms. The van der Waals surface area contributed by atoms with E-state index in [0.29, 0.717) is 18.0 Å². The van der Waals surface area contributed by atoms with Gasteiger partial charge in [-0.1, -0.05) is 28.9 Å². The molecule has 0 atom stereocenters. The molecule has 0 bridgehead atoms. The molecule has 0 aliphatic heterocycles. The first-order valence-corrected chi connectivity index (χ1v) is 10.7. The van der Waals surface area contributed by atoms with Crippen molar-refractivity contribution in [1.29, 1.82) is 0 Å². The van der Waals surface area contributed by atoms with Gasteiger partial charge < -0.3 is 10.1 Å². The Kier molecular flexibility index (Phi) is 7.41. The van der Waals surface area contributed by atoms with Crippen molar-refractivity contribution in [3.05, 3.63) is 52.5 Å². The summed E-state index contributed by atoms with van der Waals surface area (Å²) in [6.07, 6.45) is 0.843. The number of ether oxygens (including phenoxy) is 1. The summed E-state index contributed by atoms with van der Waals surface area (Å²) in [6, 6.07) is 11.7. The Balaban J connectivity index is 2.10. The van der Waals surface area contributed by atoms with Crippen molar-refractivity contribution < 1.29 is 17.9 Å². The highest BCUT2D eigenvalue weighted by Gasteiger charge is 2.23. The Hall–Kier alpha value is -1.90. The van der Waals surface area contributed by atoms with Gasteiger partial charge in [0.15, 0.2) is 0 Å². The molecular formula is C19H23BrN2O4S. The van der Waals surface area contributed by atoms with Crippen molar-refractivity contribution in [2.24, 2.45) is 0 Å². The van der Waals surface area contributed by atoms with Crippen LogP contribution in [-0.4, -0.2) is 38.8 Å². The molecule has 0 aliphatic carbocycles. The fraction of sp³-hybridized carbons (Fsp3) is 0.316. The predicted molar refractivity (Wildman–Crippen MR) is 110 cm³/mol. The maximum Gasteiger partial charge on any atom is 0.243 e. The number of nitrogens with zero attached hydrogens (tertiary/aromatic N) is 1. The number of amides is 1. The van der Waals surface area contributed by atoms with Gasteiger partial charge in [0.05, 0.1) is 23.7 Å². The fourth-order valence-corrected chi connectivity index (χ4v) is 3.72. The molecule has 0 aliphatic rings. The van der Waals surface area contributed by atoms with Crippen LogP contribution in [0.3, 0.4) is 0 Å². The van der Waals surface area contributed by atoms with Crippen LogP contribution in [0.15, 0.2) is 51.8 Å². The number of anilines is 1. The van der Waals surface area contributed by atoms with Crippen LogP contribution >= 0.6 is 15.9 Å².